The monoisotopic (exact) mass is 310 g/mol. The van der Waals surface area contributed by atoms with Crippen LogP contribution in [0.15, 0.2) is 42.5 Å². The summed E-state index contributed by atoms with van der Waals surface area (Å²) in [6, 6.07) is 11.7. The third-order valence-electron chi connectivity index (χ3n) is 2.97. The Kier molecular flexibility index (Phi) is 5.42. The molecule has 0 radical (unpaired) electrons. The minimum Gasteiger partial charge on any atom is -0.494 e. The first-order valence-electron chi connectivity index (χ1n) is 6.48. The molecule has 0 heterocycles. The van der Waals surface area contributed by atoms with E-state index in [0.717, 1.165) is 0 Å². The molecule has 0 saturated heterocycles. The molecule has 0 fully saturated rings. The molecule has 0 aliphatic carbocycles. The number of rotatable bonds is 6. The van der Waals surface area contributed by atoms with Gasteiger partial charge in [-0.3, -0.25) is 0 Å². The van der Waals surface area contributed by atoms with Gasteiger partial charge >= 0.3 is 0 Å². The van der Waals surface area contributed by atoms with E-state index in [2.05, 4.69) is 0 Å². The zero-order valence-electron chi connectivity index (χ0n) is 11.6. The second-order valence-electron chi connectivity index (χ2n) is 4.56. The van der Waals surface area contributed by atoms with Gasteiger partial charge in [-0.05, 0) is 35.9 Å². The van der Waals surface area contributed by atoms with Gasteiger partial charge in [0.1, 0.15) is 12.4 Å². The molecule has 0 bridgehead atoms. The van der Waals surface area contributed by atoms with Crippen molar-refractivity contribution in [2.45, 2.75) is 12.5 Å². The van der Waals surface area contributed by atoms with Gasteiger partial charge in [0, 0.05) is 11.4 Å². The van der Waals surface area contributed by atoms with E-state index in [4.69, 9.17) is 21.1 Å². The van der Waals surface area contributed by atoms with Gasteiger partial charge in [0.2, 0.25) is 0 Å². The molecule has 21 heavy (non-hydrogen) atoms. The van der Waals surface area contributed by atoms with Crippen LogP contribution in [-0.4, -0.2) is 24.9 Å². The van der Waals surface area contributed by atoms with E-state index in [1.807, 2.05) is 0 Å². The fourth-order valence-corrected chi connectivity index (χ4v) is 2.03. The van der Waals surface area contributed by atoms with E-state index in [-0.39, 0.29) is 18.8 Å². The van der Waals surface area contributed by atoms with Crippen LogP contribution in [0.25, 0.3) is 0 Å². The highest BCUT2D eigenvalue weighted by Crippen LogP contribution is 2.21. The molecule has 2 aromatic rings. The van der Waals surface area contributed by atoms with Crippen molar-refractivity contribution < 1.29 is 19.0 Å². The second kappa shape index (κ2) is 7.29. The molecule has 0 aliphatic rings. The summed E-state index contributed by atoms with van der Waals surface area (Å²) in [6.07, 6.45) is -0.668. The third-order valence-corrected chi connectivity index (χ3v) is 3.23. The molecule has 2 rings (SSSR count). The molecular formula is C16H16ClFO3. The normalized spacial score (nSPS) is 12.0. The summed E-state index contributed by atoms with van der Waals surface area (Å²) in [5.74, 6) is 0.313. The van der Waals surface area contributed by atoms with Crippen LogP contribution in [0.2, 0.25) is 5.02 Å². The standard InChI is InChI=1S/C16H16ClFO3/c1-20-15-4-2-3-11(16(15)18)9-13(19)10-21-14-7-5-12(17)6-8-14/h2-8,13,19H,9-10H2,1H3. The van der Waals surface area contributed by atoms with Crippen molar-refractivity contribution in [3.05, 3.63) is 58.9 Å². The minimum atomic E-state index is -0.817. The number of aliphatic hydroxyl groups is 1. The second-order valence-corrected chi connectivity index (χ2v) is 4.99. The Bertz CT molecular complexity index is 587. The van der Waals surface area contributed by atoms with Crippen molar-refractivity contribution in [2.75, 3.05) is 13.7 Å². The highest BCUT2D eigenvalue weighted by molar-refractivity contribution is 6.30. The summed E-state index contributed by atoms with van der Waals surface area (Å²) in [5.41, 5.74) is 0.390. The maximum Gasteiger partial charge on any atom is 0.168 e. The molecule has 1 unspecified atom stereocenters. The third kappa shape index (κ3) is 4.34. The van der Waals surface area contributed by atoms with Gasteiger partial charge in [0.05, 0.1) is 13.2 Å². The number of aliphatic hydroxyl groups excluding tert-OH is 1. The lowest BCUT2D eigenvalue weighted by atomic mass is 10.1. The highest BCUT2D eigenvalue weighted by atomic mass is 35.5. The summed E-state index contributed by atoms with van der Waals surface area (Å²) >= 11 is 5.77. The van der Waals surface area contributed by atoms with E-state index in [1.165, 1.54) is 13.2 Å². The molecule has 0 aliphatic heterocycles. The summed E-state index contributed by atoms with van der Waals surface area (Å²) in [7, 11) is 1.41. The van der Waals surface area contributed by atoms with Gasteiger partial charge in [0.25, 0.3) is 0 Å². The predicted molar refractivity (Wildman–Crippen MR) is 79.6 cm³/mol. The summed E-state index contributed by atoms with van der Waals surface area (Å²) < 4.78 is 24.3. The fraction of sp³-hybridized carbons (Fsp3) is 0.250. The molecule has 0 saturated carbocycles. The number of benzene rings is 2. The maximum atomic E-state index is 13.9. The van der Waals surface area contributed by atoms with E-state index >= 15 is 0 Å². The Morgan fingerprint density at radius 2 is 1.90 bits per heavy atom. The first-order valence-corrected chi connectivity index (χ1v) is 6.85. The zero-order valence-corrected chi connectivity index (χ0v) is 12.3. The van der Waals surface area contributed by atoms with Crippen LogP contribution in [0.4, 0.5) is 4.39 Å². The topological polar surface area (TPSA) is 38.7 Å². The summed E-state index contributed by atoms with van der Waals surface area (Å²) in [5, 5.41) is 10.6. The molecule has 1 N–H and O–H groups in total. The van der Waals surface area contributed by atoms with Gasteiger partial charge in [-0.25, -0.2) is 4.39 Å². The van der Waals surface area contributed by atoms with E-state index < -0.39 is 11.9 Å². The SMILES string of the molecule is COc1cccc(CC(O)COc2ccc(Cl)cc2)c1F. The van der Waals surface area contributed by atoms with Crippen LogP contribution in [-0.2, 0) is 6.42 Å². The molecule has 0 aromatic heterocycles. The van der Waals surface area contributed by atoms with Crippen molar-refractivity contribution in [2.24, 2.45) is 0 Å². The van der Waals surface area contributed by atoms with Crippen LogP contribution < -0.4 is 9.47 Å². The van der Waals surface area contributed by atoms with Gasteiger partial charge in [-0.15, -0.1) is 0 Å². The average Bonchev–Trinajstić information content (AvgIpc) is 2.49. The van der Waals surface area contributed by atoms with Gasteiger partial charge in [-0.1, -0.05) is 23.7 Å². The predicted octanol–water partition coefficient (Wildman–Crippen LogP) is 3.47. The lowest BCUT2D eigenvalue weighted by molar-refractivity contribution is 0.107. The molecule has 5 heteroatoms. The number of hydrogen-bond donors (Lipinski definition) is 1. The van der Waals surface area contributed by atoms with Crippen LogP contribution in [0.3, 0.4) is 0 Å². The van der Waals surface area contributed by atoms with Crippen molar-refractivity contribution in [1.29, 1.82) is 0 Å². The Hall–Kier alpha value is -1.78. The van der Waals surface area contributed by atoms with Gasteiger partial charge in [-0.2, -0.15) is 0 Å². The average molecular weight is 311 g/mol. The van der Waals surface area contributed by atoms with Crippen molar-refractivity contribution in [3.63, 3.8) is 0 Å². The quantitative estimate of drug-likeness (QED) is 0.888. The molecule has 2 aromatic carbocycles. The maximum absolute atomic E-state index is 13.9. The number of ether oxygens (including phenoxy) is 2. The molecule has 1 atom stereocenters. The Morgan fingerprint density at radius 1 is 1.19 bits per heavy atom. The number of hydrogen-bond acceptors (Lipinski definition) is 3. The molecular weight excluding hydrogens is 295 g/mol. The first kappa shape index (κ1) is 15.6. The smallest absolute Gasteiger partial charge is 0.168 e. The fourth-order valence-electron chi connectivity index (χ4n) is 1.91. The minimum absolute atomic E-state index is 0.0677. The Balaban J connectivity index is 1.92. The van der Waals surface area contributed by atoms with E-state index in [9.17, 15) is 9.50 Å². The molecule has 0 amide bonds. The number of methoxy groups -OCH3 is 1. The van der Waals surface area contributed by atoms with Crippen LogP contribution >= 0.6 is 11.6 Å². The van der Waals surface area contributed by atoms with Crippen molar-refractivity contribution >= 4 is 11.6 Å². The lowest BCUT2D eigenvalue weighted by Gasteiger charge is -2.14. The van der Waals surface area contributed by atoms with Crippen LogP contribution in [0.1, 0.15) is 5.56 Å². The zero-order chi connectivity index (χ0) is 15.2. The van der Waals surface area contributed by atoms with Crippen LogP contribution in [0, 0.1) is 5.82 Å². The van der Waals surface area contributed by atoms with Crippen LogP contribution in [0.5, 0.6) is 11.5 Å². The first-order chi connectivity index (χ1) is 10.1. The van der Waals surface area contributed by atoms with E-state index in [0.29, 0.717) is 16.3 Å². The summed E-state index contributed by atoms with van der Waals surface area (Å²) in [6.45, 7) is 0.0677. The Morgan fingerprint density at radius 3 is 2.57 bits per heavy atom. The summed E-state index contributed by atoms with van der Waals surface area (Å²) in [4.78, 5) is 0. The van der Waals surface area contributed by atoms with Gasteiger partial charge < -0.3 is 14.6 Å². The number of halogens is 2. The molecule has 112 valence electrons. The molecule has 3 nitrogen and oxygen atoms in total. The molecule has 0 spiro atoms. The highest BCUT2D eigenvalue weighted by Gasteiger charge is 2.13. The largest absolute Gasteiger partial charge is 0.494 e. The van der Waals surface area contributed by atoms with Crippen molar-refractivity contribution in [3.8, 4) is 11.5 Å². The van der Waals surface area contributed by atoms with E-state index in [1.54, 1.807) is 36.4 Å². The lowest BCUT2D eigenvalue weighted by Crippen LogP contribution is -2.20. The van der Waals surface area contributed by atoms with Crippen molar-refractivity contribution in [1.82, 2.24) is 0 Å². The Labute approximate surface area is 127 Å². The van der Waals surface area contributed by atoms with Gasteiger partial charge in [0.15, 0.2) is 11.6 Å².